The van der Waals surface area contributed by atoms with Crippen molar-refractivity contribution in [3.8, 4) is 0 Å². The van der Waals surface area contributed by atoms with E-state index in [1.54, 1.807) is 0 Å². The number of carboxylic acid groups (broad SMARTS) is 1. The number of carbonyl (C=O) groups is 1. The van der Waals surface area contributed by atoms with E-state index in [0.29, 0.717) is 5.92 Å². The van der Waals surface area contributed by atoms with Crippen molar-refractivity contribution in [3.05, 3.63) is 0 Å². The van der Waals surface area contributed by atoms with Crippen LogP contribution in [0.25, 0.3) is 0 Å². The fourth-order valence-electron chi connectivity index (χ4n) is 2.71. The van der Waals surface area contributed by atoms with Gasteiger partial charge in [0.15, 0.2) is 0 Å². The molecular formula is C11H19NO3. The number of hydrogen-bond acceptors (Lipinski definition) is 3. The first-order valence-corrected chi connectivity index (χ1v) is 5.79. The third-order valence-corrected chi connectivity index (χ3v) is 3.54. The number of ether oxygens (including phenoxy) is 1. The van der Waals surface area contributed by atoms with Crippen LogP contribution < -0.4 is 5.32 Å². The van der Waals surface area contributed by atoms with E-state index in [9.17, 15) is 9.90 Å². The summed E-state index contributed by atoms with van der Waals surface area (Å²) >= 11 is 0. The van der Waals surface area contributed by atoms with Crippen LogP contribution in [0.1, 0.15) is 32.1 Å². The van der Waals surface area contributed by atoms with Crippen molar-refractivity contribution in [2.24, 2.45) is 5.92 Å². The summed E-state index contributed by atoms with van der Waals surface area (Å²) in [6.45, 7) is 2.40. The lowest BCUT2D eigenvalue weighted by atomic mass is 9.83. The average Bonchev–Trinajstić information content (AvgIpc) is 2.69. The molecule has 0 aromatic carbocycles. The monoisotopic (exact) mass is 213 g/mol. The molecule has 0 saturated carbocycles. The van der Waals surface area contributed by atoms with Crippen molar-refractivity contribution in [3.63, 3.8) is 0 Å². The summed E-state index contributed by atoms with van der Waals surface area (Å²) in [4.78, 5) is 11.3. The van der Waals surface area contributed by atoms with Crippen LogP contribution in [0, 0.1) is 5.92 Å². The molecule has 0 bridgehead atoms. The molecule has 2 unspecified atom stereocenters. The zero-order chi connectivity index (χ0) is 10.7. The first-order chi connectivity index (χ1) is 7.23. The normalized spacial score (nSPS) is 36.7. The van der Waals surface area contributed by atoms with Crippen molar-refractivity contribution < 1.29 is 14.6 Å². The van der Waals surface area contributed by atoms with Crippen LogP contribution in [-0.4, -0.2) is 36.4 Å². The van der Waals surface area contributed by atoms with E-state index in [1.165, 1.54) is 0 Å². The second-order valence-corrected chi connectivity index (χ2v) is 4.70. The van der Waals surface area contributed by atoms with Gasteiger partial charge in [0.1, 0.15) is 5.54 Å². The summed E-state index contributed by atoms with van der Waals surface area (Å²) < 4.78 is 5.40. The van der Waals surface area contributed by atoms with Crippen molar-refractivity contribution in [1.29, 1.82) is 0 Å². The fourth-order valence-corrected chi connectivity index (χ4v) is 2.71. The molecule has 2 fully saturated rings. The van der Waals surface area contributed by atoms with Gasteiger partial charge in [-0.05, 0) is 44.6 Å². The topological polar surface area (TPSA) is 58.6 Å². The maximum absolute atomic E-state index is 11.3. The Balaban J connectivity index is 1.96. The first kappa shape index (κ1) is 10.9. The van der Waals surface area contributed by atoms with E-state index >= 15 is 0 Å². The summed E-state index contributed by atoms with van der Waals surface area (Å²) in [5.41, 5.74) is -0.661. The fraction of sp³-hybridized carbons (Fsp3) is 0.909. The molecule has 2 aliphatic heterocycles. The first-order valence-electron chi connectivity index (χ1n) is 5.79. The summed E-state index contributed by atoms with van der Waals surface area (Å²) in [6.07, 6.45) is 4.64. The highest BCUT2D eigenvalue weighted by molar-refractivity contribution is 5.79. The summed E-state index contributed by atoms with van der Waals surface area (Å²) in [5, 5.41) is 12.5. The molecule has 0 amide bonds. The number of rotatable bonds is 3. The van der Waals surface area contributed by atoms with E-state index in [4.69, 9.17) is 4.74 Å². The van der Waals surface area contributed by atoms with Crippen molar-refractivity contribution in [1.82, 2.24) is 5.32 Å². The third-order valence-electron chi connectivity index (χ3n) is 3.54. The molecule has 0 spiro atoms. The Hall–Kier alpha value is -0.610. The Morgan fingerprint density at radius 1 is 1.53 bits per heavy atom. The lowest BCUT2D eigenvalue weighted by Gasteiger charge is -2.31. The number of nitrogens with one attached hydrogen (secondary N) is 1. The standard InChI is InChI=1S/C11H19NO3/c13-10(14)11(4-2-5-12-11)7-9-3-1-6-15-8-9/h9,12H,1-8H2,(H,13,14). The summed E-state index contributed by atoms with van der Waals surface area (Å²) in [7, 11) is 0. The van der Waals surface area contributed by atoms with E-state index in [-0.39, 0.29) is 0 Å². The quantitative estimate of drug-likeness (QED) is 0.734. The minimum Gasteiger partial charge on any atom is -0.480 e. The molecule has 2 heterocycles. The zero-order valence-electron chi connectivity index (χ0n) is 9.00. The zero-order valence-corrected chi connectivity index (χ0v) is 9.00. The van der Waals surface area contributed by atoms with Crippen molar-refractivity contribution >= 4 is 5.97 Å². The van der Waals surface area contributed by atoms with Crippen molar-refractivity contribution in [2.75, 3.05) is 19.8 Å². The smallest absolute Gasteiger partial charge is 0.323 e. The van der Waals surface area contributed by atoms with Gasteiger partial charge in [0.25, 0.3) is 0 Å². The minimum absolute atomic E-state index is 0.417. The maximum Gasteiger partial charge on any atom is 0.323 e. The Morgan fingerprint density at radius 3 is 2.93 bits per heavy atom. The predicted octanol–water partition coefficient (Wildman–Crippen LogP) is 1.01. The highest BCUT2D eigenvalue weighted by atomic mass is 16.5. The van der Waals surface area contributed by atoms with Crippen LogP contribution in [0.15, 0.2) is 0 Å². The molecule has 2 rings (SSSR count). The SMILES string of the molecule is O=C(O)C1(CC2CCCOC2)CCCN1. The van der Waals surface area contributed by atoms with E-state index < -0.39 is 11.5 Å². The Morgan fingerprint density at radius 2 is 2.40 bits per heavy atom. The van der Waals surface area contributed by atoms with Gasteiger partial charge in [-0.2, -0.15) is 0 Å². The van der Waals surface area contributed by atoms with Crippen LogP contribution in [0.2, 0.25) is 0 Å². The molecule has 2 saturated heterocycles. The Kier molecular flexibility index (Phi) is 3.26. The van der Waals surface area contributed by atoms with Gasteiger partial charge in [0.2, 0.25) is 0 Å². The Bertz CT molecular complexity index is 230. The van der Waals surface area contributed by atoms with Gasteiger partial charge < -0.3 is 15.2 Å². The van der Waals surface area contributed by atoms with Gasteiger partial charge >= 0.3 is 5.97 Å². The molecule has 0 aromatic rings. The molecule has 2 N–H and O–H groups in total. The van der Waals surface area contributed by atoms with E-state index in [2.05, 4.69) is 5.32 Å². The van der Waals surface area contributed by atoms with Crippen LogP contribution in [0.3, 0.4) is 0 Å². The molecule has 4 heteroatoms. The Labute approximate surface area is 90.0 Å². The van der Waals surface area contributed by atoms with E-state index in [0.717, 1.165) is 51.9 Å². The molecule has 0 radical (unpaired) electrons. The molecule has 0 aromatic heterocycles. The average molecular weight is 213 g/mol. The molecule has 86 valence electrons. The lowest BCUT2D eigenvalue weighted by molar-refractivity contribution is -0.145. The molecule has 4 nitrogen and oxygen atoms in total. The second-order valence-electron chi connectivity index (χ2n) is 4.70. The van der Waals surface area contributed by atoms with Gasteiger partial charge in [-0.15, -0.1) is 0 Å². The maximum atomic E-state index is 11.3. The summed E-state index contributed by atoms with van der Waals surface area (Å²) in [5.74, 6) is -0.272. The number of carboxylic acids is 1. The second kappa shape index (κ2) is 4.49. The highest BCUT2D eigenvalue weighted by Gasteiger charge is 2.42. The molecule has 2 aliphatic rings. The van der Waals surface area contributed by atoms with Gasteiger partial charge in [-0.25, -0.2) is 0 Å². The molecule has 0 aliphatic carbocycles. The van der Waals surface area contributed by atoms with Gasteiger partial charge in [-0.3, -0.25) is 4.79 Å². The largest absolute Gasteiger partial charge is 0.480 e. The van der Waals surface area contributed by atoms with Gasteiger partial charge in [0, 0.05) is 13.2 Å². The van der Waals surface area contributed by atoms with Gasteiger partial charge in [0.05, 0.1) is 0 Å². The number of hydrogen-bond donors (Lipinski definition) is 2. The van der Waals surface area contributed by atoms with Crippen LogP contribution >= 0.6 is 0 Å². The van der Waals surface area contributed by atoms with E-state index in [1.807, 2.05) is 0 Å². The van der Waals surface area contributed by atoms with Crippen LogP contribution in [-0.2, 0) is 9.53 Å². The van der Waals surface area contributed by atoms with Crippen LogP contribution in [0.4, 0.5) is 0 Å². The minimum atomic E-state index is -0.689. The summed E-state index contributed by atoms with van der Waals surface area (Å²) in [6, 6.07) is 0. The highest BCUT2D eigenvalue weighted by Crippen LogP contribution is 2.30. The number of aliphatic carboxylic acids is 1. The predicted molar refractivity (Wildman–Crippen MR) is 55.8 cm³/mol. The van der Waals surface area contributed by atoms with Crippen molar-refractivity contribution in [2.45, 2.75) is 37.6 Å². The lowest BCUT2D eigenvalue weighted by Crippen LogP contribution is -2.49. The molecular weight excluding hydrogens is 194 g/mol. The van der Waals surface area contributed by atoms with Crippen LogP contribution in [0.5, 0.6) is 0 Å². The molecule has 2 atom stereocenters. The third kappa shape index (κ3) is 2.32. The van der Waals surface area contributed by atoms with Gasteiger partial charge in [-0.1, -0.05) is 0 Å². The molecule has 15 heavy (non-hydrogen) atoms.